The number of aryl methyl sites for hydroxylation is 1. The predicted molar refractivity (Wildman–Crippen MR) is 183 cm³/mol. The Hall–Kier alpha value is -3.67. The Morgan fingerprint density at radius 3 is 2.43 bits per heavy atom. The van der Waals surface area contributed by atoms with Gasteiger partial charge < -0.3 is 14.5 Å². The average Bonchev–Trinajstić information content (AvgIpc) is 3.80. The number of esters is 1. The Labute approximate surface area is 288 Å². The van der Waals surface area contributed by atoms with E-state index in [0.29, 0.717) is 17.9 Å². The molecule has 8 nitrogen and oxygen atoms in total. The van der Waals surface area contributed by atoms with E-state index in [1.807, 2.05) is 12.1 Å². The van der Waals surface area contributed by atoms with Crippen LogP contribution < -0.4 is 14.5 Å². The summed E-state index contributed by atoms with van der Waals surface area (Å²) in [6.45, 7) is 4.46. The third-order valence-corrected chi connectivity index (χ3v) is 13.3. The third kappa shape index (κ3) is 5.00. The molecular formula is C36H31BrN2O6S2. The van der Waals surface area contributed by atoms with Crippen LogP contribution in [-0.4, -0.2) is 34.6 Å². The molecule has 2 amide bonds. The van der Waals surface area contributed by atoms with Crippen molar-refractivity contribution in [1.82, 2.24) is 4.98 Å². The highest BCUT2D eigenvalue weighted by molar-refractivity contribution is 9.10. The monoisotopic (exact) mass is 730 g/mol. The Balaban J connectivity index is 1.15. The lowest BCUT2D eigenvalue weighted by Crippen LogP contribution is -2.42. The number of carbonyl (C=O) groups excluding carboxylic acids is 3. The number of H-pyrrole nitrogens is 1. The van der Waals surface area contributed by atoms with E-state index < -0.39 is 17.8 Å². The van der Waals surface area contributed by atoms with E-state index in [2.05, 4.69) is 58.2 Å². The number of carbonyl (C=O) groups is 3. The van der Waals surface area contributed by atoms with E-state index in [4.69, 9.17) is 9.47 Å². The molecule has 11 heteroatoms. The van der Waals surface area contributed by atoms with E-state index in [9.17, 15) is 19.2 Å². The summed E-state index contributed by atoms with van der Waals surface area (Å²) in [6.07, 6.45) is 0.786. The normalized spacial score (nSPS) is 27.0. The molecule has 2 aliphatic carbocycles. The zero-order valence-electron chi connectivity index (χ0n) is 25.6. The molecule has 1 saturated heterocycles. The summed E-state index contributed by atoms with van der Waals surface area (Å²) >= 11 is 6.57. The number of rotatable bonds is 7. The van der Waals surface area contributed by atoms with Crippen LogP contribution >= 0.6 is 39.0 Å². The van der Waals surface area contributed by atoms with E-state index in [-0.39, 0.29) is 52.2 Å². The van der Waals surface area contributed by atoms with Crippen LogP contribution in [0.15, 0.2) is 81.0 Å². The smallest absolute Gasteiger partial charge is 0.338 e. The molecule has 3 aromatic carbocycles. The Morgan fingerprint density at radius 1 is 0.979 bits per heavy atom. The quantitative estimate of drug-likeness (QED) is 0.162. The molecule has 8 rings (SSSR count). The Bertz CT molecular complexity index is 1970. The number of nitrogens with zero attached hydrogens (tertiary/aromatic N) is 1. The van der Waals surface area contributed by atoms with Gasteiger partial charge in [0, 0.05) is 26.1 Å². The summed E-state index contributed by atoms with van der Waals surface area (Å²) in [7, 11) is 0. The molecule has 47 heavy (non-hydrogen) atoms. The number of thioether (sulfide) groups is 1. The van der Waals surface area contributed by atoms with Gasteiger partial charge in [0.05, 0.1) is 34.7 Å². The minimum atomic E-state index is -0.444. The molecule has 2 bridgehead atoms. The first-order valence-electron chi connectivity index (χ1n) is 15.8. The van der Waals surface area contributed by atoms with Crippen molar-refractivity contribution in [3.8, 4) is 5.75 Å². The first-order chi connectivity index (χ1) is 22.7. The van der Waals surface area contributed by atoms with Crippen LogP contribution in [0.25, 0.3) is 0 Å². The number of thiazole rings is 1. The van der Waals surface area contributed by atoms with Gasteiger partial charge in [0.25, 0.3) is 0 Å². The molecule has 7 atom stereocenters. The summed E-state index contributed by atoms with van der Waals surface area (Å²) in [5, 5.41) is 0.902. The number of amides is 2. The van der Waals surface area contributed by atoms with E-state index in [0.717, 1.165) is 37.7 Å². The molecule has 4 aromatic rings. The molecule has 4 aliphatic rings. The van der Waals surface area contributed by atoms with Gasteiger partial charge in [-0.15, -0.1) is 11.8 Å². The number of aromatic amines is 1. The number of imide groups is 1. The number of hydrogen-bond acceptors (Lipinski definition) is 8. The number of fused-ring (bicyclic) bond motifs is 9. The zero-order valence-corrected chi connectivity index (χ0v) is 28.8. The second-order valence-corrected chi connectivity index (χ2v) is 15.8. The average molecular weight is 732 g/mol. The molecule has 2 aliphatic heterocycles. The topological polar surface area (TPSA) is 106 Å². The number of aromatic nitrogens is 1. The standard InChI is InChI=1S/C36H31BrN2O6S2/c1-3-44-35(42)19-8-11-21(12-9-19)39-33(40)28-23-15-24(29(28)34(39)41)30-27(23)26(31-32(46-30)38-36(43)47-31)22-14-20(37)10-13-25(22)45-16-18-6-4-17(2)5-7-18/h4-14,23-24,26-30H,3,15-16H2,1-2H3,(H,38,43)/t23-,24-,26?,27?,28?,29?,30?/m1/s1. The second kappa shape index (κ2) is 11.8. The van der Waals surface area contributed by atoms with Crippen LogP contribution in [0.2, 0.25) is 0 Å². The molecule has 0 spiro atoms. The van der Waals surface area contributed by atoms with Gasteiger partial charge in [0.1, 0.15) is 12.4 Å². The lowest BCUT2D eigenvalue weighted by atomic mass is 9.68. The van der Waals surface area contributed by atoms with Crippen molar-refractivity contribution < 1.29 is 23.9 Å². The summed E-state index contributed by atoms with van der Waals surface area (Å²) in [5.74, 6) is -1.12. The Kier molecular flexibility index (Phi) is 7.69. The maximum Gasteiger partial charge on any atom is 0.338 e. The van der Waals surface area contributed by atoms with Gasteiger partial charge in [-0.25, -0.2) is 4.79 Å². The van der Waals surface area contributed by atoms with Crippen molar-refractivity contribution in [3.05, 3.63) is 108 Å². The van der Waals surface area contributed by atoms with E-state index in [1.54, 1.807) is 43.0 Å². The third-order valence-electron chi connectivity index (χ3n) is 10.2. The first-order valence-corrected chi connectivity index (χ1v) is 18.2. The molecule has 1 N–H and O–H groups in total. The molecule has 2 saturated carbocycles. The van der Waals surface area contributed by atoms with Crippen molar-refractivity contribution in [1.29, 1.82) is 0 Å². The molecule has 0 radical (unpaired) electrons. The van der Waals surface area contributed by atoms with Crippen molar-refractivity contribution in [2.45, 2.75) is 43.1 Å². The number of halogens is 1. The van der Waals surface area contributed by atoms with Gasteiger partial charge >= 0.3 is 10.8 Å². The fraction of sp³-hybridized carbons (Fsp3) is 0.333. The molecule has 3 fully saturated rings. The fourth-order valence-electron chi connectivity index (χ4n) is 8.32. The minimum Gasteiger partial charge on any atom is -0.489 e. The summed E-state index contributed by atoms with van der Waals surface area (Å²) < 4.78 is 12.5. The molecule has 1 aromatic heterocycles. The lowest BCUT2D eigenvalue weighted by Gasteiger charge is -2.43. The van der Waals surface area contributed by atoms with Gasteiger partial charge in [-0.2, -0.15) is 0 Å². The van der Waals surface area contributed by atoms with Gasteiger partial charge in [0.2, 0.25) is 11.8 Å². The van der Waals surface area contributed by atoms with Crippen LogP contribution in [0.5, 0.6) is 5.75 Å². The Morgan fingerprint density at radius 2 is 1.70 bits per heavy atom. The van der Waals surface area contributed by atoms with Crippen molar-refractivity contribution in [2.24, 2.45) is 29.6 Å². The van der Waals surface area contributed by atoms with E-state index in [1.165, 1.54) is 21.8 Å². The first kappa shape index (κ1) is 30.7. The predicted octanol–water partition coefficient (Wildman–Crippen LogP) is 6.94. The summed E-state index contributed by atoms with van der Waals surface area (Å²) in [5.41, 5.74) is 4.05. The number of ether oxygens (including phenoxy) is 2. The van der Waals surface area contributed by atoms with Crippen LogP contribution in [0, 0.1) is 36.5 Å². The summed E-state index contributed by atoms with van der Waals surface area (Å²) in [4.78, 5) is 58.5. The molecule has 3 heterocycles. The van der Waals surface area contributed by atoms with E-state index >= 15 is 0 Å². The maximum absolute atomic E-state index is 14.2. The highest BCUT2D eigenvalue weighted by Crippen LogP contribution is 2.69. The SMILES string of the molecule is CCOC(=O)c1ccc(N2C(=O)C3C(C2=O)[C@@H]2C[C@H]3C3Sc4[nH]c(=O)sc4C(c4cc(Br)ccc4OCc4ccc(C)cc4)C32)cc1. The minimum absolute atomic E-state index is 0.0108. The molecule has 5 unspecified atom stereocenters. The van der Waals surface area contributed by atoms with Gasteiger partial charge in [0.15, 0.2) is 0 Å². The highest BCUT2D eigenvalue weighted by atomic mass is 79.9. The number of hydrogen-bond donors (Lipinski definition) is 1. The number of nitrogens with one attached hydrogen (secondary N) is 1. The lowest BCUT2D eigenvalue weighted by molar-refractivity contribution is -0.123. The zero-order chi connectivity index (χ0) is 32.6. The maximum atomic E-state index is 14.2. The molecular weight excluding hydrogens is 700 g/mol. The van der Waals surface area contributed by atoms with Crippen LogP contribution in [0.3, 0.4) is 0 Å². The van der Waals surface area contributed by atoms with Crippen LogP contribution in [0.1, 0.15) is 51.2 Å². The van der Waals surface area contributed by atoms with Crippen molar-refractivity contribution in [2.75, 3.05) is 11.5 Å². The number of benzene rings is 3. The second-order valence-electron chi connectivity index (χ2n) is 12.7. The number of anilines is 1. The van der Waals surface area contributed by atoms with Gasteiger partial charge in [-0.1, -0.05) is 57.1 Å². The summed E-state index contributed by atoms with van der Waals surface area (Å²) in [6, 6.07) is 20.8. The van der Waals surface area contributed by atoms with Gasteiger partial charge in [-0.05, 0) is 86.1 Å². The van der Waals surface area contributed by atoms with Crippen LogP contribution in [-0.2, 0) is 20.9 Å². The van der Waals surface area contributed by atoms with Crippen LogP contribution in [0.4, 0.5) is 5.69 Å². The fourth-order valence-corrected chi connectivity index (χ4v) is 11.6. The molecule has 240 valence electrons. The largest absolute Gasteiger partial charge is 0.489 e. The van der Waals surface area contributed by atoms with Gasteiger partial charge in [-0.3, -0.25) is 19.3 Å². The van der Waals surface area contributed by atoms with Crippen molar-refractivity contribution in [3.63, 3.8) is 0 Å². The highest BCUT2D eigenvalue weighted by Gasteiger charge is 2.69. The van der Waals surface area contributed by atoms with Crippen molar-refractivity contribution >= 4 is 62.5 Å².